The zero-order valence-corrected chi connectivity index (χ0v) is 11.7. The largest absolute Gasteiger partial charge is 0.376 e. The van der Waals surface area contributed by atoms with Gasteiger partial charge in [-0.25, -0.2) is 0 Å². The molecule has 4 heteroatoms. The summed E-state index contributed by atoms with van der Waals surface area (Å²) in [5, 5.41) is 3.29. The van der Waals surface area contributed by atoms with E-state index >= 15 is 0 Å². The van der Waals surface area contributed by atoms with Gasteiger partial charge in [-0.1, -0.05) is 26.7 Å². The van der Waals surface area contributed by atoms with Crippen molar-refractivity contribution in [3.8, 4) is 0 Å². The van der Waals surface area contributed by atoms with Gasteiger partial charge in [0.15, 0.2) is 0 Å². The maximum absolute atomic E-state index is 12.1. The fraction of sp³-hybridized carbons (Fsp3) is 0.929. The lowest BCUT2D eigenvalue weighted by Crippen LogP contribution is -2.33. The van der Waals surface area contributed by atoms with Gasteiger partial charge >= 0.3 is 0 Å². The Morgan fingerprint density at radius 2 is 2.11 bits per heavy atom. The standard InChI is InChI=1S/C14H26N2O2/c1-11(2)9-13-14(17)16(10-15-13)7-8-18-12-5-3-4-6-12/h11-13,15H,3-10H2,1-2H3. The van der Waals surface area contributed by atoms with Crippen LogP contribution in [0, 0.1) is 5.92 Å². The van der Waals surface area contributed by atoms with Crippen molar-refractivity contribution >= 4 is 5.91 Å². The van der Waals surface area contributed by atoms with Crippen LogP contribution in [0.2, 0.25) is 0 Å². The van der Waals surface area contributed by atoms with Crippen LogP contribution < -0.4 is 5.32 Å². The molecule has 1 saturated carbocycles. The minimum absolute atomic E-state index is 0.0245. The molecule has 1 unspecified atom stereocenters. The number of hydrogen-bond donors (Lipinski definition) is 1. The number of carbonyl (C=O) groups is 1. The van der Waals surface area contributed by atoms with Crippen molar-refractivity contribution < 1.29 is 9.53 Å². The lowest BCUT2D eigenvalue weighted by atomic mass is 10.0. The van der Waals surface area contributed by atoms with Crippen LogP contribution in [0.25, 0.3) is 0 Å². The highest BCUT2D eigenvalue weighted by Crippen LogP contribution is 2.21. The Morgan fingerprint density at radius 1 is 1.39 bits per heavy atom. The molecule has 4 nitrogen and oxygen atoms in total. The Hall–Kier alpha value is -0.610. The van der Waals surface area contributed by atoms with E-state index < -0.39 is 0 Å². The third-order valence-corrected chi connectivity index (χ3v) is 3.86. The highest BCUT2D eigenvalue weighted by atomic mass is 16.5. The van der Waals surface area contributed by atoms with Gasteiger partial charge < -0.3 is 9.64 Å². The maximum Gasteiger partial charge on any atom is 0.240 e. The number of amides is 1. The molecule has 2 aliphatic rings. The first-order valence-electron chi connectivity index (χ1n) is 7.30. The van der Waals surface area contributed by atoms with Crippen LogP contribution in [-0.2, 0) is 9.53 Å². The first kappa shape index (κ1) is 13.8. The Balaban J connectivity index is 1.66. The summed E-state index contributed by atoms with van der Waals surface area (Å²) < 4.78 is 5.81. The van der Waals surface area contributed by atoms with E-state index in [2.05, 4.69) is 19.2 Å². The average Bonchev–Trinajstić information content (AvgIpc) is 2.93. The van der Waals surface area contributed by atoms with Gasteiger partial charge in [0.1, 0.15) is 0 Å². The van der Waals surface area contributed by atoms with Crippen LogP contribution in [0.15, 0.2) is 0 Å². The molecule has 1 heterocycles. The van der Waals surface area contributed by atoms with Crippen molar-refractivity contribution in [1.29, 1.82) is 0 Å². The first-order valence-corrected chi connectivity index (χ1v) is 7.30. The van der Waals surface area contributed by atoms with Crippen LogP contribution in [0.4, 0.5) is 0 Å². The van der Waals surface area contributed by atoms with Crippen molar-refractivity contribution in [3.63, 3.8) is 0 Å². The second kappa shape index (κ2) is 6.53. The highest BCUT2D eigenvalue weighted by molar-refractivity contribution is 5.83. The summed E-state index contributed by atoms with van der Waals surface area (Å²) in [7, 11) is 0. The van der Waals surface area contributed by atoms with E-state index in [1.54, 1.807) is 0 Å². The zero-order chi connectivity index (χ0) is 13.0. The second-order valence-electron chi connectivity index (χ2n) is 5.92. The van der Waals surface area contributed by atoms with E-state index in [1.165, 1.54) is 25.7 Å². The molecule has 18 heavy (non-hydrogen) atoms. The molecule has 0 bridgehead atoms. The topological polar surface area (TPSA) is 41.6 Å². The first-order chi connectivity index (χ1) is 8.66. The normalized spacial score (nSPS) is 25.6. The summed E-state index contributed by atoms with van der Waals surface area (Å²) in [5.41, 5.74) is 0. The fourth-order valence-corrected chi connectivity index (χ4v) is 2.84. The predicted octanol–water partition coefficient (Wildman–Crippen LogP) is 1.75. The molecule has 1 N–H and O–H groups in total. The molecule has 0 aromatic heterocycles. The third-order valence-electron chi connectivity index (χ3n) is 3.86. The molecule has 0 radical (unpaired) electrons. The van der Waals surface area contributed by atoms with Crippen LogP contribution in [-0.4, -0.2) is 42.8 Å². The number of carbonyl (C=O) groups excluding carboxylic acids is 1. The number of hydrogen-bond acceptors (Lipinski definition) is 3. The quantitative estimate of drug-likeness (QED) is 0.785. The number of nitrogens with zero attached hydrogens (tertiary/aromatic N) is 1. The SMILES string of the molecule is CC(C)CC1NCN(CCOC2CCCC2)C1=O. The van der Waals surface area contributed by atoms with Gasteiger partial charge in [0.25, 0.3) is 0 Å². The minimum atomic E-state index is 0.0245. The summed E-state index contributed by atoms with van der Waals surface area (Å²) in [6, 6.07) is 0.0245. The molecule has 2 rings (SSSR count). The fourth-order valence-electron chi connectivity index (χ4n) is 2.84. The van der Waals surface area contributed by atoms with Crippen LogP contribution in [0.1, 0.15) is 46.0 Å². The van der Waals surface area contributed by atoms with Crippen molar-refractivity contribution in [3.05, 3.63) is 0 Å². The summed E-state index contributed by atoms with van der Waals surface area (Å²) in [5.74, 6) is 0.805. The van der Waals surface area contributed by atoms with Gasteiger partial charge in [-0.15, -0.1) is 0 Å². The van der Waals surface area contributed by atoms with Crippen LogP contribution in [0.3, 0.4) is 0 Å². The van der Waals surface area contributed by atoms with Gasteiger partial charge in [0.2, 0.25) is 5.91 Å². The minimum Gasteiger partial charge on any atom is -0.376 e. The second-order valence-corrected chi connectivity index (χ2v) is 5.92. The lowest BCUT2D eigenvalue weighted by Gasteiger charge is -2.18. The average molecular weight is 254 g/mol. The van der Waals surface area contributed by atoms with Crippen molar-refractivity contribution in [1.82, 2.24) is 10.2 Å². The van der Waals surface area contributed by atoms with E-state index in [4.69, 9.17) is 4.74 Å². The van der Waals surface area contributed by atoms with E-state index in [0.29, 0.717) is 25.3 Å². The molecule has 1 amide bonds. The van der Waals surface area contributed by atoms with Crippen LogP contribution >= 0.6 is 0 Å². The molecule has 104 valence electrons. The Bertz CT molecular complexity index is 275. The zero-order valence-electron chi connectivity index (χ0n) is 11.7. The third kappa shape index (κ3) is 3.69. The molecule has 1 aliphatic carbocycles. The van der Waals surface area contributed by atoms with E-state index in [9.17, 15) is 4.79 Å². The molecule has 2 fully saturated rings. The van der Waals surface area contributed by atoms with E-state index in [0.717, 1.165) is 13.0 Å². The van der Waals surface area contributed by atoms with E-state index in [1.807, 2.05) is 4.90 Å². The molecular formula is C14H26N2O2. The molecule has 1 atom stereocenters. The van der Waals surface area contributed by atoms with Gasteiger partial charge in [0, 0.05) is 6.54 Å². The Labute approximate surface area is 110 Å². The maximum atomic E-state index is 12.1. The molecule has 0 aromatic carbocycles. The van der Waals surface area contributed by atoms with Gasteiger partial charge in [0.05, 0.1) is 25.4 Å². The summed E-state index contributed by atoms with van der Waals surface area (Å²) in [4.78, 5) is 14.0. The molecular weight excluding hydrogens is 228 g/mol. The number of nitrogens with one attached hydrogen (secondary N) is 1. The van der Waals surface area contributed by atoms with Gasteiger partial charge in [-0.2, -0.15) is 0 Å². The molecule has 1 saturated heterocycles. The molecule has 0 spiro atoms. The van der Waals surface area contributed by atoms with E-state index in [-0.39, 0.29) is 11.9 Å². The molecule has 1 aliphatic heterocycles. The highest BCUT2D eigenvalue weighted by Gasteiger charge is 2.31. The predicted molar refractivity (Wildman–Crippen MR) is 71.2 cm³/mol. The van der Waals surface area contributed by atoms with Crippen molar-refractivity contribution in [2.45, 2.75) is 58.1 Å². The van der Waals surface area contributed by atoms with Crippen molar-refractivity contribution in [2.75, 3.05) is 19.8 Å². The number of rotatable bonds is 6. The van der Waals surface area contributed by atoms with Crippen LogP contribution in [0.5, 0.6) is 0 Å². The summed E-state index contributed by atoms with van der Waals surface area (Å²) in [6.45, 7) is 6.41. The van der Waals surface area contributed by atoms with Crippen molar-refractivity contribution in [2.24, 2.45) is 5.92 Å². The van der Waals surface area contributed by atoms with Gasteiger partial charge in [-0.3, -0.25) is 10.1 Å². The Kier molecular flexibility index (Phi) is 5.01. The summed E-state index contributed by atoms with van der Waals surface area (Å²) in [6.07, 6.45) is 6.36. The molecule has 0 aromatic rings. The smallest absolute Gasteiger partial charge is 0.240 e. The lowest BCUT2D eigenvalue weighted by molar-refractivity contribution is -0.130. The number of ether oxygens (including phenoxy) is 1. The summed E-state index contributed by atoms with van der Waals surface area (Å²) >= 11 is 0. The van der Waals surface area contributed by atoms with Gasteiger partial charge in [-0.05, 0) is 25.2 Å². The monoisotopic (exact) mass is 254 g/mol. The Morgan fingerprint density at radius 3 is 2.78 bits per heavy atom.